The summed E-state index contributed by atoms with van der Waals surface area (Å²) in [4.78, 5) is 4.33. The zero-order chi connectivity index (χ0) is 20.3. The number of halogens is 1. The molecule has 1 heterocycles. The van der Waals surface area contributed by atoms with Crippen molar-refractivity contribution in [3.05, 3.63) is 41.7 Å². The van der Waals surface area contributed by atoms with Crippen molar-refractivity contribution in [3.63, 3.8) is 0 Å². The molecule has 0 atom stereocenters. The number of rotatable bonds is 10. The number of thioether (sulfide) groups is 1. The summed E-state index contributed by atoms with van der Waals surface area (Å²) in [6, 6.07) is 11.2. The lowest BCUT2D eigenvalue weighted by molar-refractivity contribution is 0.460. The number of benzene rings is 1. The van der Waals surface area contributed by atoms with Crippen molar-refractivity contribution in [2.24, 2.45) is 4.99 Å². The topological polar surface area (TPSA) is 67.1 Å². The molecule has 8 heteroatoms. The third kappa shape index (κ3) is 7.44. The summed E-state index contributed by atoms with van der Waals surface area (Å²) in [6.07, 6.45) is 11.4. The highest BCUT2D eigenvalue weighted by molar-refractivity contribution is 14.0. The quantitative estimate of drug-likeness (QED) is 0.153. The van der Waals surface area contributed by atoms with Crippen molar-refractivity contribution >= 4 is 41.7 Å². The number of nitrogens with zero attached hydrogens (tertiary/aromatic N) is 4. The van der Waals surface area contributed by atoms with Crippen LogP contribution in [0.4, 0.5) is 0 Å². The van der Waals surface area contributed by atoms with Crippen LogP contribution in [0.3, 0.4) is 0 Å². The van der Waals surface area contributed by atoms with Crippen molar-refractivity contribution in [2.45, 2.75) is 62.6 Å². The monoisotopic (exact) mass is 542 g/mol. The Morgan fingerprint density at radius 2 is 1.73 bits per heavy atom. The van der Waals surface area contributed by atoms with Crippen molar-refractivity contribution < 1.29 is 0 Å². The fourth-order valence-corrected chi connectivity index (χ4v) is 4.54. The van der Waals surface area contributed by atoms with E-state index in [1.165, 1.54) is 31.2 Å². The van der Waals surface area contributed by atoms with E-state index in [2.05, 4.69) is 67.0 Å². The summed E-state index contributed by atoms with van der Waals surface area (Å²) in [5.41, 5.74) is 1.38. The lowest BCUT2D eigenvalue weighted by atomic mass is 10.1. The SMILES string of the molecule is CN=C(NCCCc1ccccc1)NCCCc1nnc(SC)n1C1CCCC1.I. The van der Waals surface area contributed by atoms with Crippen molar-refractivity contribution in [3.8, 4) is 0 Å². The number of hydrogen-bond acceptors (Lipinski definition) is 4. The Morgan fingerprint density at radius 3 is 2.37 bits per heavy atom. The Labute approximate surface area is 202 Å². The predicted octanol–water partition coefficient (Wildman–Crippen LogP) is 4.46. The minimum atomic E-state index is 0. The molecule has 166 valence electrons. The molecule has 0 aliphatic heterocycles. The second-order valence-corrected chi connectivity index (χ2v) is 8.30. The molecular formula is C22H35IN6S. The number of aromatic nitrogens is 3. The first kappa shape index (κ1) is 25.0. The third-order valence-electron chi connectivity index (χ3n) is 5.48. The maximum absolute atomic E-state index is 4.48. The molecule has 1 aromatic heterocycles. The van der Waals surface area contributed by atoms with Gasteiger partial charge in [-0.1, -0.05) is 54.9 Å². The molecule has 1 aliphatic rings. The summed E-state index contributed by atoms with van der Waals surface area (Å²) < 4.78 is 2.40. The summed E-state index contributed by atoms with van der Waals surface area (Å²) in [5, 5.41) is 16.8. The average molecular weight is 543 g/mol. The summed E-state index contributed by atoms with van der Waals surface area (Å²) >= 11 is 1.70. The van der Waals surface area contributed by atoms with E-state index in [1.807, 2.05) is 7.05 Å². The van der Waals surface area contributed by atoms with Gasteiger partial charge in [-0.15, -0.1) is 34.2 Å². The van der Waals surface area contributed by atoms with E-state index in [4.69, 9.17) is 0 Å². The van der Waals surface area contributed by atoms with Gasteiger partial charge in [0, 0.05) is 32.6 Å². The standard InChI is InChI=1S/C22H34N6S.HI/c1-23-21(24-16-8-12-18-10-4-3-5-11-18)25-17-9-15-20-26-27-22(29-2)28(20)19-13-6-7-14-19;/h3-5,10-11,19H,6-9,12-17H2,1-2H3,(H2,23,24,25);1H. The van der Waals surface area contributed by atoms with E-state index < -0.39 is 0 Å². The van der Waals surface area contributed by atoms with Crippen LogP contribution in [0.15, 0.2) is 40.5 Å². The van der Waals surface area contributed by atoms with Crippen LogP contribution in [0.25, 0.3) is 0 Å². The van der Waals surface area contributed by atoms with Crippen molar-refractivity contribution in [1.29, 1.82) is 0 Å². The first-order valence-corrected chi connectivity index (χ1v) is 12.0. The summed E-state index contributed by atoms with van der Waals surface area (Å²) in [7, 11) is 1.83. The van der Waals surface area contributed by atoms with E-state index in [1.54, 1.807) is 11.8 Å². The highest BCUT2D eigenvalue weighted by Crippen LogP contribution is 2.33. The van der Waals surface area contributed by atoms with Crippen LogP contribution in [0.5, 0.6) is 0 Å². The van der Waals surface area contributed by atoms with Crippen LogP contribution in [-0.2, 0) is 12.8 Å². The second-order valence-electron chi connectivity index (χ2n) is 7.53. The number of aliphatic imine (C=N–C) groups is 1. The van der Waals surface area contributed by atoms with Gasteiger partial charge in [-0.05, 0) is 43.9 Å². The van der Waals surface area contributed by atoms with Gasteiger partial charge in [0.05, 0.1) is 0 Å². The molecule has 0 bridgehead atoms. The van der Waals surface area contributed by atoms with Crippen molar-refractivity contribution in [1.82, 2.24) is 25.4 Å². The zero-order valence-electron chi connectivity index (χ0n) is 18.1. The van der Waals surface area contributed by atoms with E-state index in [9.17, 15) is 0 Å². The zero-order valence-corrected chi connectivity index (χ0v) is 21.3. The largest absolute Gasteiger partial charge is 0.356 e. The molecule has 6 nitrogen and oxygen atoms in total. The molecule has 1 aliphatic carbocycles. The van der Waals surface area contributed by atoms with E-state index >= 15 is 0 Å². The van der Waals surface area contributed by atoms with Gasteiger partial charge in [-0.25, -0.2) is 0 Å². The molecule has 2 N–H and O–H groups in total. The molecule has 0 amide bonds. The maximum atomic E-state index is 4.48. The molecule has 30 heavy (non-hydrogen) atoms. The summed E-state index contributed by atoms with van der Waals surface area (Å²) in [5.74, 6) is 2.01. The highest BCUT2D eigenvalue weighted by Gasteiger charge is 2.23. The number of aryl methyl sites for hydroxylation is 2. The Bertz CT molecular complexity index is 758. The summed E-state index contributed by atoms with van der Waals surface area (Å²) in [6.45, 7) is 1.80. The molecule has 2 aromatic rings. The van der Waals surface area contributed by atoms with E-state index in [-0.39, 0.29) is 24.0 Å². The maximum Gasteiger partial charge on any atom is 0.191 e. The number of hydrogen-bond donors (Lipinski definition) is 2. The molecule has 1 fully saturated rings. The Hall–Kier alpha value is -1.29. The highest BCUT2D eigenvalue weighted by atomic mass is 127. The molecule has 3 rings (SSSR count). The average Bonchev–Trinajstić information content (AvgIpc) is 3.42. The van der Waals surface area contributed by atoms with E-state index in [0.717, 1.165) is 55.7 Å². The predicted molar refractivity (Wildman–Crippen MR) is 137 cm³/mol. The smallest absolute Gasteiger partial charge is 0.191 e. The molecule has 0 unspecified atom stereocenters. The van der Waals surface area contributed by atoms with Gasteiger partial charge in [0.15, 0.2) is 11.1 Å². The van der Waals surface area contributed by atoms with Gasteiger partial charge in [-0.2, -0.15) is 0 Å². The molecular weight excluding hydrogens is 507 g/mol. The Morgan fingerprint density at radius 1 is 1.07 bits per heavy atom. The molecule has 0 saturated heterocycles. The first-order chi connectivity index (χ1) is 14.3. The Balaban J connectivity index is 0.00000320. The fraction of sp³-hybridized carbons (Fsp3) is 0.591. The lowest BCUT2D eigenvalue weighted by Gasteiger charge is -2.16. The van der Waals surface area contributed by atoms with Gasteiger partial charge >= 0.3 is 0 Å². The van der Waals surface area contributed by atoms with Crippen LogP contribution < -0.4 is 10.6 Å². The van der Waals surface area contributed by atoms with Gasteiger partial charge in [0.2, 0.25) is 0 Å². The van der Waals surface area contributed by atoms with Gasteiger partial charge in [0.1, 0.15) is 5.82 Å². The fourth-order valence-electron chi connectivity index (χ4n) is 3.96. The number of nitrogens with one attached hydrogen (secondary N) is 2. The van der Waals surface area contributed by atoms with Crippen LogP contribution in [-0.4, -0.2) is 47.1 Å². The minimum absolute atomic E-state index is 0. The van der Waals surface area contributed by atoms with Crippen molar-refractivity contribution in [2.75, 3.05) is 26.4 Å². The Kier molecular flexibility index (Phi) is 11.6. The first-order valence-electron chi connectivity index (χ1n) is 10.8. The van der Waals surface area contributed by atoms with Gasteiger partial charge in [-0.3, -0.25) is 4.99 Å². The lowest BCUT2D eigenvalue weighted by Crippen LogP contribution is -2.38. The third-order valence-corrected chi connectivity index (χ3v) is 6.12. The van der Waals surface area contributed by atoms with E-state index in [0.29, 0.717) is 6.04 Å². The van der Waals surface area contributed by atoms with Crippen LogP contribution in [0.2, 0.25) is 0 Å². The van der Waals surface area contributed by atoms with Crippen LogP contribution in [0.1, 0.15) is 56.0 Å². The van der Waals surface area contributed by atoms with Crippen LogP contribution in [0, 0.1) is 0 Å². The molecule has 0 spiro atoms. The van der Waals surface area contributed by atoms with Crippen LogP contribution >= 0.6 is 35.7 Å². The normalized spacial score (nSPS) is 14.5. The minimum Gasteiger partial charge on any atom is -0.356 e. The second kappa shape index (κ2) is 13.9. The van der Waals surface area contributed by atoms with Gasteiger partial charge in [0.25, 0.3) is 0 Å². The number of guanidine groups is 1. The molecule has 1 aromatic carbocycles. The van der Waals surface area contributed by atoms with Gasteiger partial charge < -0.3 is 15.2 Å². The molecule has 1 saturated carbocycles. The molecule has 0 radical (unpaired) electrons.